The van der Waals surface area contributed by atoms with Crippen LogP contribution in [-0.2, 0) is 22.6 Å². The molecule has 7 nitrogen and oxygen atoms in total. The minimum atomic E-state index is 0.0261. The second-order valence-electron chi connectivity index (χ2n) is 5.02. The smallest absolute Gasteiger partial charge is 0.221 e. The van der Waals surface area contributed by atoms with Crippen LogP contribution in [0.4, 0.5) is 0 Å². The molecule has 1 amide bonds. The first kappa shape index (κ1) is 16.6. The van der Waals surface area contributed by atoms with Crippen molar-refractivity contribution in [2.45, 2.75) is 33.4 Å². The van der Waals surface area contributed by atoms with Crippen LogP contribution in [0.1, 0.15) is 26.1 Å². The predicted molar refractivity (Wildman–Crippen MR) is 76.1 cm³/mol. The first-order valence-electron chi connectivity index (χ1n) is 6.96. The van der Waals surface area contributed by atoms with Gasteiger partial charge in [-0.1, -0.05) is 13.8 Å². The van der Waals surface area contributed by atoms with Crippen molar-refractivity contribution in [2.75, 3.05) is 26.8 Å². The van der Waals surface area contributed by atoms with Crippen LogP contribution in [0.15, 0.2) is 6.33 Å². The van der Waals surface area contributed by atoms with Crippen molar-refractivity contribution in [3.8, 4) is 0 Å². The summed E-state index contributed by atoms with van der Waals surface area (Å²) in [5.41, 5.74) is 0. The molecule has 0 aliphatic rings. The first-order chi connectivity index (χ1) is 9.63. The molecule has 0 fully saturated rings. The highest BCUT2D eigenvalue weighted by Gasteiger charge is 2.06. The average Bonchev–Trinajstić information content (AvgIpc) is 2.81. The van der Waals surface area contributed by atoms with Gasteiger partial charge in [-0.3, -0.25) is 4.79 Å². The Kier molecular flexibility index (Phi) is 7.82. The number of amides is 1. The third-order valence-corrected chi connectivity index (χ3v) is 2.67. The summed E-state index contributed by atoms with van der Waals surface area (Å²) in [6.45, 7) is 7.47. The van der Waals surface area contributed by atoms with Crippen LogP contribution in [0.5, 0.6) is 0 Å². The highest BCUT2D eigenvalue weighted by Crippen LogP contribution is 2.00. The Bertz CT molecular complexity index is 392. The van der Waals surface area contributed by atoms with Crippen molar-refractivity contribution in [2.24, 2.45) is 5.92 Å². The number of rotatable bonds is 10. The summed E-state index contributed by atoms with van der Waals surface area (Å²) >= 11 is 0. The topological polar surface area (TPSA) is 81.1 Å². The van der Waals surface area contributed by atoms with Gasteiger partial charge in [0.05, 0.1) is 13.2 Å². The van der Waals surface area contributed by atoms with Gasteiger partial charge in [-0.15, -0.1) is 0 Å². The monoisotopic (exact) mass is 283 g/mol. The van der Waals surface area contributed by atoms with Crippen molar-refractivity contribution in [1.29, 1.82) is 0 Å². The quantitative estimate of drug-likeness (QED) is 0.599. The lowest BCUT2D eigenvalue weighted by molar-refractivity contribution is -0.121. The summed E-state index contributed by atoms with van der Waals surface area (Å²) in [5, 5.41) is 10.2. The fourth-order valence-electron chi connectivity index (χ4n) is 1.71. The number of carbonyl (C=O) groups excluding carboxylic acids is 1. The fourth-order valence-corrected chi connectivity index (χ4v) is 1.71. The minimum absolute atomic E-state index is 0.0261. The second-order valence-corrected chi connectivity index (χ2v) is 5.02. The zero-order chi connectivity index (χ0) is 14.8. The molecule has 0 saturated heterocycles. The van der Waals surface area contributed by atoms with Gasteiger partial charge in [0.15, 0.2) is 0 Å². The number of aromatic nitrogens is 3. The number of ether oxygens (including phenoxy) is 1. The molecule has 0 spiro atoms. The predicted octanol–water partition coefficient (Wildman–Crippen LogP) is 0.176. The zero-order valence-electron chi connectivity index (χ0n) is 12.6. The van der Waals surface area contributed by atoms with Gasteiger partial charge in [0, 0.05) is 33.2 Å². The second kappa shape index (κ2) is 9.44. The van der Waals surface area contributed by atoms with E-state index in [1.807, 2.05) is 4.68 Å². The van der Waals surface area contributed by atoms with Crippen molar-refractivity contribution < 1.29 is 9.53 Å². The summed E-state index contributed by atoms with van der Waals surface area (Å²) in [4.78, 5) is 15.7. The maximum atomic E-state index is 11.5. The van der Waals surface area contributed by atoms with Crippen LogP contribution >= 0.6 is 0 Å². The van der Waals surface area contributed by atoms with Crippen LogP contribution < -0.4 is 10.6 Å². The van der Waals surface area contributed by atoms with Crippen LogP contribution in [0, 0.1) is 5.92 Å². The van der Waals surface area contributed by atoms with Gasteiger partial charge in [-0.2, -0.15) is 5.10 Å². The summed E-state index contributed by atoms with van der Waals surface area (Å²) < 4.78 is 6.76. The average molecular weight is 283 g/mol. The van der Waals surface area contributed by atoms with E-state index in [1.165, 1.54) is 0 Å². The van der Waals surface area contributed by atoms with Gasteiger partial charge < -0.3 is 15.4 Å². The number of nitrogens with zero attached hydrogens (tertiary/aromatic N) is 3. The molecule has 0 unspecified atom stereocenters. The Morgan fingerprint density at radius 2 is 2.25 bits per heavy atom. The normalized spacial score (nSPS) is 11.0. The van der Waals surface area contributed by atoms with Crippen molar-refractivity contribution in [1.82, 2.24) is 25.4 Å². The maximum absolute atomic E-state index is 11.5. The third kappa shape index (κ3) is 6.63. The van der Waals surface area contributed by atoms with Gasteiger partial charge >= 0.3 is 0 Å². The first-order valence-corrected chi connectivity index (χ1v) is 6.96. The lowest BCUT2D eigenvalue weighted by Crippen LogP contribution is -2.30. The molecule has 0 aromatic carbocycles. The number of hydrogen-bond donors (Lipinski definition) is 2. The van der Waals surface area contributed by atoms with Gasteiger partial charge in [0.2, 0.25) is 5.91 Å². The molecule has 1 aromatic heterocycles. The highest BCUT2D eigenvalue weighted by molar-refractivity contribution is 5.75. The Morgan fingerprint density at radius 1 is 1.45 bits per heavy atom. The van der Waals surface area contributed by atoms with E-state index in [2.05, 4.69) is 34.6 Å². The maximum Gasteiger partial charge on any atom is 0.221 e. The molecule has 0 saturated carbocycles. The molecule has 0 aliphatic heterocycles. The molecule has 20 heavy (non-hydrogen) atoms. The number of hydrogen-bond acceptors (Lipinski definition) is 5. The van der Waals surface area contributed by atoms with Gasteiger partial charge in [0.25, 0.3) is 0 Å². The van der Waals surface area contributed by atoms with Crippen molar-refractivity contribution in [3.05, 3.63) is 12.2 Å². The molecule has 114 valence electrons. The van der Waals surface area contributed by atoms with E-state index in [0.29, 0.717) is 38.6 Å². The van der Waals surface area contributed by atoms with E-state index in [9.17, 15) is 4.79 Å². The van der Waals surface area contributed by atoms with E-state index in [4.69, 9.17) is 4.74 Å². The molecule has 1 aromatic rings. The van der Waals surface area contributed by atoms with Gasteiger partial charge in [-0.25, -0.2) is 9.67 Å². The van der Waals surface area contributed by atoms with E-state index >= 15 is 0 Å². The molecule has 0 atom stereocenters. The van der Waals surface area contributed by atoms with E-state index < -0.39 is 0 Å². The number of methoxy groups -OCH3 is 1. The van der Waals surface area contributed by atoms with Crippen LogP contribution in [-0.4, -0.2) is 47.5 Å². The largest absolute Gasteiger partial charge is 0.383 e. The summed E-state index contributed by atoms with van der Waals surface area (Å²) in [7, 11) is 1.61. The molecule has 0 aliphatic carbocycles. The molecule has 1 rings (SSSR count). The zero-order valence-corrected chi connectivity index (χ0v) is 12.6. The minimum Gasteiger partial charge on any atom is -0.383 e. The fraction of sp³-hybridized carbons (Fsp3) is 0.769. The lowest BCUT2D eigenvalue weighted by Gasteiger charge is -2.09. The highest BCUT2D eigenvalue weighted by atomic mass is 16.5. The summed E-state index contributed by atoms with van der Waals surface area (Å²) in [6.07, 6.45) is 2.01. The van der Waals surface area contributed by atoms with Crippen molar-refractivity contribution >= 4 is 5.91 Å². The SMILES string of the molecule is COCCNC(=O)CCNCc1ncnn1CC(C)C. The standard InChI is InChI=1S/C13H25N5O2/c1-11(2)9-18-12(16-10-17-18)8-14-5-4-13(19)15-6-7-20-3/h10-11,14H,4-9H2,1-3H3,(H,15,19). The van der Waals surface area contributed by atoms with Crippen LogP contribution in [0.2, 0.25) is 0 Å². The Hall–Kier alpha value is -1.47. The molecule has 7 heteroatoms. The van der Waals surface area contributed by atoms with E-state index in [0.717, 1.165) is 12.4 Å². The lowest BCUT2D eigenvalue weighted by atomic mass is 10.2. The van der Waals surface area contributed by atoms with E-state index in [-0.39, 0.29) is 5.91 Å². The Balaban J connectivity index is 2.18. The number of carbonyl (C=O) groups is 1. The third-order valence-electron chi connectivity index (χ3n) is 2.67. The summed E-state index contributed by atoms with van der Waals surface area (Å²) in [6, 6.07) is 0. The molecular weight excluding hydrogens is 258 g/mol. The van der Waals surface area contributed by atoms with E-state index in [1.54, 1.807) is 13.4 Å². The molecule has 1 heterocycles. The van der Waals surface area contributed by atoms with Crippen LogP contribution in [0.3, 0.4) is 0 Å². The summed E-state index contributed by atoms with van der Waals surface area (Å²) in [5.74, 6) is 1.46. The molecule has 0 radical (unpaired) electrons. The van der Waals surface area contributed by atoms with Gasteiger partial charge in [-0.05, 0) is 5.92 Å². The number of nitrogens with one attached hydrogen (secondary N) is 2. The van der Waals surface area contributed by atoms with Crippen molar-refractivity contribution in [3.63, 3.8) is 0 Å². The molecular formula is C13H25N5O2. The Labute approximate surface area is 120 Å². The van der Waals surface area contributed by atoms with Gasteiger partial charge in [0.1, 0.15) is 12.2 Å². The molecule has 2 N–H and O–H groups in total. The molecule has 0 bridgehead atoms. The Morgan fingerprint density at radius 3 is 2.95 bits per heavy atom. The van der Waals surface area contributed by atoms with Crippen LogP contribution in [0.25, 0.3) is 0 Å².